The molecule has 30 heavy (non-hydrogen) atoms. The van der Waals surface area contributed by atoms with Gasteiger partial charge in [0.15, 0.2) is 0 Å². The highest BCUT2D eigenvalue weighted by Crippen LogP contribution is 2.42. The summed E-state index contributed by atoms with van der Waals surface area (Å²) < 4.78 is 6.13. The Morgan fingerprint density at radius 1 is 0.767 bits per heavy atom. The Balaban J connectivity index is 1.14. The van der Waals surface area contributed by atoms with Gasteiger partial charge >= 0.3 is 0 Å². The van der Waals surface area contributed by atoms with Gasteiger partial charge in [0.1, 0.15) is 0 Å². The predicted octanol–water partition coefficient (Wildman–Crippen LogP) is 4.63. The summed E-state index contributed by atoms with van der Waals surface area (Å²) in [5.74, 6) is 1.80. The summed E-state index contributed by atoms with van der Waals surface area (Å²) in [6.07, 6.45) is 10.1. The van der Waals surface area contributed by atoms with Gasteiger partial charge in [-0.2, -0.15) is 0 Å². The molecule has 4 aliphatic rings. The Bertz CT molecular complexity index is 556. The molecule has 3 aliphatic heterocycles. The Labute approximate surface area is 186 Å². The molecule has 0 bridgehead atoms. The van der Waals surface area contributed by atoms with Gasteiger partial charge in [-0.15, -0.1) is 0 Å². The van der Waals surface area contributed by atoms with Gasteiger partial charge in [-0.3, -0.25) is 9.80 Å². The molecule has 0 aromatic carbocycles. The maximum Gasteiger partial charge on any atom is 0.0602 e. The molecule has 0 amide bonds. The summed E-state index contributed by atoms with van der Waals surface area (Å²) in [6, 6.07) is 0. The lowest BCUT2D eigenvalue weighted by Crippen LogP contribution is -2.66. The van der Waals surface area contributed by atoms with E-state index in [1.807, 2.05) is 0 Å². The van der Waals surface area contributed by atoms with Crippen molar-refractivity contribution in [1.82, 2.24) is 14.7 Å². The average Bonchev–Trinajstić information content (AvgIpc) is 2.63. The molecule has 0 atom stereocenters. The van der Waals surface area contributed by atoms with Crippen molar-refractivity contribution >= 4 is 0 Å². The zero-order chi connectivity index (χ0) is 21.6. The SMILES string of the molecule is CC(C)(C)OC1CC(CN2CCC(CN3CCC34CCN(C(C)(C)C)CC4)CC2)C1. The molecule has 1 saturated carbocycles. The number of rotatable bonds is 5. The highest BCUT2D eigenvalue weighted by Gasteiger charge is 2.47. The first-order chi connectivity index (χ1) is 14.0. The van der Waals surface area contributed by atoms with Crippen LogP contribution in [0.2, 0.25) is 0 Å². The lowest BCUT2D eigenvalue weighted by molar-refractivity contribution is -0.116. The topological polar surface area (TPSA) is 19.0 Å². The molecule has 0 aromatic rings. The lowest BCUT2D eigenvalue weighted by atomic mass is 9.74. The third kappa shape index (κ3) is 5.42. The second-order valence-electron chi connectivity index (χ2n) is 13.0. The van der Waals surface area contributed by atoms with Crippen LogP contribution in [0.3, 0.4) is 0 Å². The monoisotopic (exact) mass is 419 g/mol. The van der Waals surface area contributed by atoms with E-state index in [1.54, 1.807) is 0 Å². The fourth-order valence-corrected chi connectivity index (χ4v) is 6.48. The smallest absolute Gasteiger partial charge is 0.0602 e. The Hall–Kier alpha value is -0.160. The summed E-state index contributed by atoms with van der Waals surface area (Å²) in [5.41, 5.74) is 0.917. The highest BCUT2D eigenvalue weighted by molar-refractivity contribution is 5.04. The van der Waals surface area contributed by atoms with Crippen molar-refractivity contribution in [3.8, 4) is 0 Å². The van der Waals surface area contributed by atoms with E-state index < -0.39 is 0 Å². The summed E-state index contributed by atoms with van der Waals surface area (Å²) in [6.45, 7) is 22.9. The second kappa shape index (κ2) is 8.65. The summed E-state index contributed by atoms with van der Waals surface area (Å²) in [7, 11) is 0. The van der Waals surface area contributed by atoms with Gasteiger partial charge in [0.25, 0.3) is 0 Å². The van der Waals surface area contributed by atoms with Gasteiger partial charge in [-0.1, -0.05) is 0 Å². The number of likely N-dealkylation sites (tertiary alicyclic amines) is 3. The van der Waals surface area contributed by atoms with Crippen LogP contribution in [0.4, 0.5) is 0 Å². The first kappa shape index (κ1) is 23.0. The quantitative estimate of drug-likeness (QED) is 0.646. The molecular weight excluding hydrogens is 370 g/mol. The van der Waals surface area contributed by atoms with E-state index in [4.69, 9.17) is 4.74 Å². The van der Waals surface area contributed by atoms with Gasteiger partial charge in [0, 0.05) is 43.8 Å². The van der Waals surface area contributed by atoms with Crippen LogP contribution in [0.1, 0.15) is 86.5 Å². The largest absolute Gasteiger partial charge is 0.373 e. The first-order valence-corrected chi connectivity index (χ1v) is 12.9. The van der Waals surface area contributed by atoms with Crippen molar-refractivity contribution in [1.29, 1.82) is 0 Å². The normalized spacial score (nSPS) is 32.2. The van der Waals surface area contributed by atoms with Gasteiger partial charge in [-0.25, -0.2) is 0 Å². The Morgan fingerprint density at radius 3 is 1.87 bits per heavy atom. The number of hydrogen-bond donors (Lipinski definition) is 0. The zero-order valence-corrected chi connectivity index (χ0v) is 20.9. The van der Waals surface area contributed by atoms with Crippen molar-refractivity contribution in [3.63, 3.8) is 0 Å². The van der Waals surface area contributed by atoms with Gasteiger partial charge in [0.05, 0.1) is 11.7 Å². The van der Waals surface area contributed by atoms with Crippen LogP contribution < -0.4 is 0 Å². The van der Waals surface area contributed by atoms with Crippen molar-refractivity contribution < 1.29 is 4.74 Å². The summed E-state index contributed by atoms with van der Waals surface area (Å²) in [4.78, 5) is 8.35. The van der Waals surface area contributed by atoms with E-state index in [0.717, 1.165) is 11.8 Å². The van der Waals surface area contributed by atoms with Crippen LogP contribution in [0.25, 0.3) is 0 Å². The minimum absolute atomic E-state index is 0.0194. The maximum absolute atomic E-state index is 6.13. The number of nitrogens with zero attached hydrogens (tertiary/aromatic N) is 3. The standard InChI is InChI=1S/C26H49N3O/c1-24(2,3)28-14-9-26(10-15-28)11-16-29(26)20-21-7-12-27(13-8-21)19-22-17-23(18-22)30-25(4,5)6/h21-23H,7-20H2,1-6H3. The second-order valence-corrected chi connectivity index (χ2v) is 13.0. The van der Waals surface area contributed by atoms with Crippen LogP contribution in [-0.4, -0.2) is 83.3 Å². The van der Waals surface area contributed by atoms with E-state index in [1.165, 1.54) is 90.8 Å². The van der Waals surface area contributed by atoms with E-state index in [-0.39, 0.29) is 5.60 Å². The molecule has 0 unspecified atom stereocenters. The third-order valence-corrected chi connectivity index (χ3v) is 8.58. The van der Waals surface area contributed by atoms with Crippen molar-refractivity contribution in [2.24, 2.45) is 11.8 Å². The van der Waals surface area contributed by atoms with Crippen LogP contribution in [0, 0.1) is 11.8 Å². The molecule has 174 valence electrons. The molecule has 0 N–H and O–H groups in total. The molecule has 0 aromatic heterocycles. The molecule has 3 heterocycles. The fraction of sp³-hybridized carbons (Fsp3) is 1.00. The minimum Gasteiger partial charge on any atom is -0.373 e. The van der Waals surface area contributed by atoms with Crippen LogP contribution in [-0.2, 0) is 4.74 Å². The molecule has 1 spiro atoms. The molecule has 1 aliphatic carbocycles. The Morgan fingerprint density at radius 2 is 1.37 bits per heavy atom. The van der Waals surface area contributed by atoms with Gasteiger partial charge < -0.3 is 9.64 Å². The first-order valence-electron chi connectivity index (χ1n) is 12.9. The van der Waals surface area contributed by atoms with Gasteiger partial charge in [-0.05, 0) is 111 Å². The molecule has 4 heteroatoms. The van der Waals surface area contributed by atoms with Crippen molar-refractivity contribution in [2.75, 3.05) is 45.8 Å². The molecule has 3 saturated heterocycles. The molecule has 4 rings (SSSR count). The van der Waals surface area contributed by atoms with Crippen molar-refractivity contribution in [2.45, 2.75) is 109 Å². The minimum atomic E-state index is 0.0194. The maximum atomic E-state index is 6.13. The number of ether oxygens (including phenoxy) is 1. The average molecular weight is 420 g/mol. The third-order valence-electron chi connectivity index (χ3n) is 8.58. The number of piperidine rings is 2. The zero-order valence-electron chi connectivity index (χ0n) is 20.9. The van der Waals surface area contributed by atoms with E-state index >= 15 is 0 Å². The van der Waals surface area contributed by atoms with Crippen LogP contribution in [0.15, 0.2) is 0 Å². The predicted molar refractivity (Wildman–Crippen MR) is 126 cm³/mol. The van der Waals surface area contributed by atoms with Crippen molar-refractivity contribution in [3.05, 3.63) is 0 Å². The number of hydrogen-bond acceptors (Lipinski definition) is 4. The van der Waals surface area contributed by atoms with E-state index in [9.17, 15) is 0 Å². The van der Waals surface area contributed by atoms with Crippen LogP contribution in [0.5, 0.6) is 0 Å². The highest BCUT2D eigenvalue weighted by atomic mass is 16.5. The Kier molecular flexibility index (Phi) is 6.63. The van der Waals surface area contributed by atoms with Crippen LogP contribution >= 0.6 is 0 Å². The molecule has 4 nitrogen and oxygen atoms in total. The van der Waals surface area contributed by atoms with E-state index in [0.29, 0.717) is 17.2 Å². The summed E-state index contributed by atoms with van der Waals surface area (Å²) >= 11 is 0. The molecule has 0 radical (unpaired) electrons. The van der Waals surface area contributed by atoms with Gasteiger partial charge in [0.2, 0.25) is 0 Å². The molecule has 4 fully saturated rings. The summed E-state index contributed by atoms with van der Waals surface area (Å²) in [5, 5.41) is 0. The van der Waals surface area contributed by atoms with E-state index in [2.05, 4.69) is 56.2 Å². The fourth-order valence-electron chi connectivity index (χ4n) is 6.48. The molecular formula is C26H49N3O. The lowest BCUT2D eigenvalue weighted by Gasteiger charge is -2.59.